The van der Waals surface area contributed by atoms with Crippen LogP contribution in [0.4, 0.5) is 0 Å². The highest BCUT2D eigenvalue weighted by Crippen LogP contribution is 2.15. The van der Waals surface area contributed by atoms with Gasteiger partial charge in [-0.25, -0.2) is 0 Å². The molecule has 0 aliphatic carbocycles. The molecular weight excluding hydrogens is 250 g/mol. The Hall–Kier alpha value is -2.38. The molecule has 0 saturated heterocycles. The van der Waals surface area contributed by atoms with E-state index in [9.17, 15) is 0 Å². The Bertz CT molecular complexity index is 615. The van der Waals surface area contributed by atoms with Gasteiger partial charge >= 0.3 is 0 Å². The average molecular weight is 267 g/mol. The van der Waals surface area contributed by atoms with Crippen LogP contribution < -0.4 is 10.1 Å². The van der Waals surface area contributed by atoms with Crippen LogP contribution in [0.3, 0.4) is 0 Å². The van der Waals surface area contributed by atoms with Crippen molar-refractivity contribution in [2.45, 2.75) is 20.1 Å². The molecule has 4 nitrogen and oxygen atoms in total. The second-order valence-electron chi connectivity index (χ2n) is 4.56. The van der Waals surface area contributed by atoms with Crippen LogP contribution in [0.5, 0.6) is 5.75 Å². The molecule has 1 aromatic heterocycles. The fraction of sp³-hybridized carbons (Fsp3) is 0.250. The zero-order chi connectivity index (χ0) is 14.4. The van der Waals surface area contributed by atoms with E-state index in [1.54, 1.807) is 12.3 Å². The van der Waals surface area contributed by atoms with Crippen LogP contribution in [0, 0.1) is 18.3 Å². The van der Waals surface area contributed by atoms with E-state index in [4.69, 9.17) is 10.00 Å². The summed E-state index contributed by atoms with van der Waals surface area (Å²) in [6, 6.07) is 11.6. The highest BCUT2D eigenvalue weighted by Gasteiger charge is 2.02. The van der Waals surface area contributed by atoms with Gasteiger partial charge in [-0.15, -0.1) is 0 Å². The SMILES string of the molecule is CNCc1ccc(OCc2ccc(C#N)cc2C)cn1. The van der Waals surface area contributed by atoms with Gasteiger partial charge in [0.25, 0.3) is 0 Å². The van der Waals surface area contributed by atoms with E-state index >= 15 is 0 Å². The van der Waals surface area contributed by atoms with Crippen molar-refractivity contribution in [1.29, 1.82) is 5.26 Å². The predicted molar refractivity (Wildman–Crippen MR) is 77.2 cm³/mol. The third-order valence-corrected chi connectivity index (χ3v) is 3.02. The number of hydrogen-bond donors (Lipinski definition) is 1. The molecular formula is C16H17N3O. The summed E-state index contributed by atoms with van der Waals surface area (Å²) in [6.45, 7) is 3.20. The Morgan fingerprint density at radius 3 is 2.75 bits per heavy atom. The fourth-order valence-electron chi connectivity index (χ4n) is 1.87. The molecule has 0 aliphatic heterocycles. The molecule has 0 unspecified atom stereocenters. The lowest BCUT2D eigenvalue weighted by molar-refractivity contribution is 0.304. The van der Waals surface area contributed by atoms with Gasteiger partial charge in [0, 0.05) is 6.54 Å². The van der Waals surface area contributed by atoms with E-state index < -0.39 is 0 Å². The summed E-state index contributed by atoms with van der Waals surface area (Å²) in [5.41, 5.74) is 3.78. The topological polar surface area (TPSA) is 57.9 Å². The number of ether oxygens (including phenoxy) is 1. The quantitative estimate of drug-likeness (QED) is 0.904. The number of aromatic nitrogens is 1. The molecule has 2 aromatic rings. The minimum atomic E-state index is 0.477. The number of nitrogens with zero attached hydrogens (tertiary/aromatic N) is 2. The first-order valence-electron chi connectivity index (χ1n) is 6.45. The molecule has 0 amide bonds. The monoisotopic (exact) mass is 267 g/mol. The predicted octanol–water partition coefficient (Wildman–Crippen LogP) is 2.56. The Morgan fingerprint density at radius 2 is 2.15 bits per heavy atom. The van der Waals surface area contributed by atoms with Crippen molar-refractivity contribution in [3.05, 3.63) is 58.9 Å². The van der Waals surface area contributed by atoms with Crippen LogP contribution in [0.15, 0.2) is 36.5 Å². The van der Waals surface area contributed by atoms with Gasteiger partial charge in [-0.2, -0.15) is 5.26 Å². The summed E-state index contributed by atoms with van der Waals surface area (Å²) in [4.78, 5) is 4.30. The average Bonchev–Trinajstić information content (AvgIpc) is 2.48. The molecule has 0 fully saturated rings. The number of nitrogens with one attached hydrogen (secondary N) is 1. The first kappa shape index (κ1) is 14.0. The van der Waals surface area contributed by atoms with E-state index in [2.05, 4.69) is 16.4 Å². The molecule has 0 aliphatic rings. The van der Waals surface area contributed by atoms with Crippen molar-refractivity contribution < 1.29 is 4.74 Å². The molecule has 1 heterocycles. The maximum atomic E-state index is 8.84. The van der Waals surface area contributed by atoms with E-state index in [1.807, 2.05) is 38.2 Å². The van der Waals surface area contributed by atoms with E-state index in [0.29, 0.717) is 12.2 Å². The molecule has 4 heteroatoms. The molecule has 0 radical (unpaired) electrons. The smallest absolute Gasteiger partial charge is 0.138 e. The van der Waals surface area contributed by atoms with Crippen molar-refractivity contribution in [3.63, 3.8) is 0 Å². The molecule has 0 atom stereocenters. The number of nitriles is 1. The Kier molecular flexibility index (Phi) is 4.70. The Morgan fingerprint density at radius 1 is 1.30 bits per heavy atom. The van der Waals surface area contributed by atoms with Crippen molar-refractivity contribution in [2.75, 3.05) is 7.05 Å². The van der Waals surface area contributed by atoms with Crippen LogP contribution in [-0.2, 0) is 13.2 Å². The summed E-state index contributed by atoms with van der Waals surface area (Å²) < 4.78 is 5.71. The van der Waals surface area contributed by atoms with Crippen molar-refractivity contribution >= 4 is 0 Å². The van der Waals surface area contributed by atoms with Crippen LogP contribution in [-0.4, -0.2) is 12.0 Å². The first-order valence-corrected chi connectivity index (χ1v) is 6.45. The van der Waals surface area contributed by atoms with Gasteiger partial charge in [-0.3, -0.25) is 4.98 Å². The second kappa shape index (κ2) is 6.69. The molecule has 0 bridgehead atoms. The molecule has 1 aromatic carbocycles. The van der Waals surface area contributed by atoms with Gasteiger partial charge in [-0.05, 0) is 49.4 Å². The lowest BCUT2D eigenvalue weighted by Gasteiger charge is -2.09. The highest BCUT2D eigenvalue weighted by molar-refractivity contribution is 5.37. The van der Waals surface area contributed by atoms with Crippen LogP contribution in [0.25, 0.3) is 0 Å². The first-order chi connectivity index (χ1) is 9.72. The standard InChI is InChI=1S/C16H17N3O/c1-12-7-13(8-17)3-4-14(12)11-20-16-6-5-15(9-18-2)19-10-16/h3-7,10,18H,9,11H2,1-2H3. The number of hydrogen-bond acceptors (Lipinski definition) is 4. The molecule has 0 spiro atoms. The minimum absolute atomic E-state index is 0.477. The number of aryl methyl sites for hydroxylation is 1. The van der Waals surface area contributed by atoms with Gasteiger partial charge in [-0.1, -0.05) is 6.07 Å². The van der Waals surface area contributed by atoms with E-state index in [-0.39, 0.29) is 0 Å². The van der Waals surface area contributed by atoms with Crippen LogP contribution >= 0.6 is 0 Å². The van der Waals surface area contributed by atoms with Gasteiger partial charge < -0.3 is 10.1 Å². The summed E-state index contributed by atoms with van der Waals surface area (Å²) in [7, 11) is 1.89. The third kappa shape index (κ3) is 3.56. The van der Waals surface area contributed by atoms with Gasteiger partial charge in [0.1, 0.15) is 12.4 Å². The lowest BCUT2D eigenvalue weighted by atomic mass is 10.1. The Balaban J connectivity index is 2.00. The van der Waals surface area contributed by atoms with Crippen LogP contribution in [0.1, 0.15) is 22.4 Å². The normalized spacial score (nSPS) is 10.1. The maximum Gasteiger partial charge on any atom is 0.138 e. The van der Waals surface area contributed by atoms with E-state index in [1.165, 1.54) is 0 Å². The Labute approximate surface area is 119 Å². The molecule has 1 N–H and O–H groups in total. The number of pyridine rings is 1. The zero-order valence-electron chi connectivity index (χ0n) is 11.7. The largest absolute Gasteiger partial charge is 0.487 e. The highest BCUT2D eigenvalue weighted by atomic mass is 16.5. The lowest BCUT2D eigenvalue weighted by Crippen LogP contribution is -2.06. The van der Waals surface area contributed by atoms with Crippen molar-refractivity contribution in [1.82, 2.24) is 10.3 Å². The van der Waals surface area contributed by atoms with Gasteiger partial charge in [0.15, 0.2) is 0 Å². The van der Waals surface area contributed by atoms with Gasteiger partial charge in [0.2, 0.25) is 0 Å². The summed E-state index contributed by atoms with van der Waals surface area (Å²) in [5.74, 6) is 0.744. The fourth-order valence-corrected chi connectivity index (χ4v) is 1.87. The summed E-state index contributed by atoms with van der Waals surface area (Å²) in [6.07, 6.45) is 1.73. The van der Waals surface area contributed by atoms with Gasteiger partial charge in [0.05, 0.1) is 23.5 Å². The van der Waals surface area contributed by atoms with Crippen molar-refractivity contribution in [2.24, 2.45) is 0 Å². The van der Waals surface area contributed by atoms with Crippen molar-refractivity contribution in [3.8, 4) is 11.8 Å². The molecule has 102 valence electrons. The molecule has 2 rings (SSSR count). The third-order valence-electron chi connectivity index (χ3n) is 3.02. The molecule has 0 saturated carbocycles. The molecule has 20 heavy (non-hydrogen) atoms. The summed E-state index contributed by atoms with van der Waals surface area (Å²) >= 11 is 0. The summed E-state index contributed by atoms with van der Waals surface area (Å²) in [5, 5.41) is 11.9. The van der Waals surface area contributed by atoms with Crippen LogP contribution in [0.2, 0.25) is 0 Å². The maximum absolute atomic E-state index is 8.84. The zero-order valence-corrected chi connectivity index (χ0v) is 11.7. The second-order valence-corrected chi connectivity index (χ2v) is 4.56. The number of rotatable bonds is 5. The number of benzene rings is 1. The van der Waals surface area contributed by atoms with E-state index in [0.717, 1.165) is 29.1 Å². The minimum Gasteiger partial charge on any atom is -0.487 e.